The molecule has 0 bridgehead atoms. The lowest BCUT2D eigenvalue weighted by molar-refractivity contribution is 0.0515. The van der Waals surface area contributed by atoms with E-state index in [1.807, 2.05) is 0 Å². The Hall–Kier alpha value is -2.05. The van der Waals surface area contributed by atoms with Crippen molar-refractivity contribution in [1.82, 2.24) is 25.0 Å². The summed E-state index contributed by atoms with van der Waals surface area (Å²) in [5.74, 6) is -0.168. The average molecular weight is 207 g/mol. The first-order valence-electron chi connectivity index (χ1n) is 4.45. The van der Waals surface area contributed by atoms with Crippen molar-refractivity contribution in [1.29, 1.82) is 0 Å². The number of aromatic nitrogens is 5. The zero-order chi connectivity index (χ0) is 10.8. The fourth-order valence-electron chi connectivity index (χ4n) is 1.21. The van der Waals surface area contributed by atoms with Gasteiger partial charge in [-0.3, -0.25) is 0 Å². The molecule has 0 aliphatic rings. The van der Waals surface area contributed by atoms with Gasteiger partial charge in [0.2, 0.25) is 0 Å². The Kier molecular flexibility index (Phi) is 2.28. The highest BCUT2D eigenvalue weighted by atomic mass is 16.5. The Bertz CT molecular complexity index is 507. The molecule has 0 aromatic carbocycles. The van der Waals surface area contributed by atoms with Crippen molar-refractivity contribution in [3.8, 4) is 0 Å². The second kappa shape index (κ2) is 3.60. The number of hydrogen-bond acceptors (Lipinski definition) is 6. The fourth-order valence-corrected chi connectivity index (χ4v) is 1.21. The quantitative estimate of drug-likeness (QED) is 0.645. The van der Waals surface area contributed by atoms with Crippen molar-refractivity contribution in [2.75, 3.05) is 6.61 Å². The van der Waals surface area contributed by atoms with E-state index in [-0.39, 0.29) is 11.5 Å². The van der Waals surface area contributed by atoms with Crippen LogP contribution in [0.1, 0.15) is 23.1 Å². The number of ether oxygens (including phenoxy) is 1. The highest BCUT2D eigenvalue weighted by molar-refractivity contribution is 5.88. The first-order chi connectivity index (χ1) is 7.22. The largest absolute Gasteiger partial charge is 0.461 e. The molecule has 0 aliphatic heterocycles. The third-order valence-corrected chi connectivity index (χ3v) is 1.79. The highest BCUT2D eigenvalue weighted by Crippen LogP contribution is 2.05. The summed E-state index contributed by atoms with van der Waals surface area (Å²) in [7, 11) is 0. The fraction of sp³-hybridized carbons (Fsp3) is 0.375. The van der Waals surface area contributed by atoms with Crippen molar-refractivity contribution < 1.29 is 9.53 Å². The summed E-state index contributed by atoms with van der Waals surface area (Å²) >= 11 is 0. The molecule has 7 heteroatoms. The predicted molar refractivity (Wildman–Crippen MR) is 49.3 cm³/mol. The molecule has 2 aromatic heterocycles. The summed E-state index contributed by atoms with van der Waals surface area (Å²) in [5, 5.41) is 10.8. The lowest BCUT2D eigenvalue weighted by Gasteiger charge is -2.03. The standard InChI is InChI=1S/C8H9N5O2/c1-3-15-7(14)6-4-5(2)9-8-10-11-12-13(6)8/h4H,3H2,1-2H3. The second-order valence-electron chi connectivity index (χ2n) is 2.89. The van der Waals surface area contributed by atoms with Crippen molar-refractivity contribution >= 4 is 11.7 Å². The topological polar surface area (TPSA) is 82.3 Å². The molecule has 78 valence electrons. The van der Waals surface area contributed by atoms with Crippen molar-refractivity contribution in [3.63, 3.8) is 0 Å². The Morgan fingerprint density at radius 1 is 1.60 bits per heavy atom. The molecular weight excluding hydrogens is 198 g/mol. The van der Waals surface area contributed by atoms with Gasteiger partial charge in [-0.15, -0.1) is 0 Å². The number of rotatable bonds is 2. The van der Waals surface area contributed by atoms with Crippen molar-refractivity contribution in [2.45, 2.75) is 13.8 Å². The second-order valence-corrected chi connectivity index (χ2v) is 2.89. The molecule has 15 heavy (non-hydrogen) atoms. The van der Waals surface area contributed by atoms with E-state index in [4.69, 9.17) is 4.74 Å². The Morgan fingerprint density at radius 3 is 3.13 bits per heavy atom. The molecule has 0 aliphatic carbocycles. The number of fused-ring (bicyclic) bond motifs is 1. The molecule has 0 N–H and O–H groups in total. The van der Waals surface area contributed by atoms with Gasteiger partial charge >= 0.3 is 5.97 Å². The first-order valence-corrected chi connectivity index (χ1v) is 4.45. The van der Waals surface area contributed by atoms with Crippen LogP contribution in [0.2, 0.25) is 0 Å². The van der Waals surface area contributed by atoms with Crippen LogP contribution < -0.4 is 0 Å². The maximum Gasteiger partial charge on any atom is 0.357 e. The summed E-state index contributed by atoms with van der Waals surface area (Å²) in [6.07, 6.45) is 0. The van der Waals surface area contributed by atoms with Crippen molar-refractivity contribution in [3.05, 3.63) is 17.5 Å². The van der Waals surface area contributed by atoms with Gasteiger partial charge < -0.3 is 4.74 Å². The molecule has 0 fully saturated rings. The van der Waals surface area contributed by atoms with Gasteiger partial charge in [0, 0.05) is 5.69 Å². The minimum absolute atomic E-state index is 0.282. The third kappa shape index (κ3) is 1.63. The molecular formula is C8H9N5O2. The molecule has 7 nitrogen and oxygen atoms in total. The Balaban J connectivity index is 2.57. The number of aryl methyl sites for hydroxylation is 1. The maximum absolute atomic E-state index is 11.5. The van der Waals surface area contributed by atoms with Crippen molar-refractivity contribution in [2.24, 2.45) is 0 Å². The van der Waals surface area contributed by atoms with E-state index >= 15 is 0 Å². The number of hydrogen-bond donors (Lipinski definition) is 0. The number of carbonyl (C=O) groups excluding carboxylic acids is 1. The van der Waals surface area contributed by atoms with Crippen LogP contribution in [0.25, 0.3) is 5.78 Å². The van der Waals surface area contributed by atoms with Gasteiger partial charge in [0.15, 0.2) is 5.69 Å². The van der Waals surface area contributed by atoms with E-state index in [9.17, 15) is 4.79 Å². The third-order valence-electron chi connectivity index (χ3n) is 1.79. The van der Waals surface area contributed by atoms with Gasteiger partial charge in [0.05, 0.1) is 6.61 Å². The van der Waals surface area contributed by atoms with Crippen LogP contribution in [-0.2, 0) is 4.74 Å². The zero-order valence-corrected chi connectivity index (χ0v) is 8.34. The van der Waals surface area contributed by atoms with Crippen LogP contribution in [0.5, 0.6) is 0 Å². The van der Waals surface area contributed by atoms with E-state index in [2.05, 4.69) is 20.5 Å². The van der Waals surface area contributed by atoms with Gasteiger partial charge in [0.1, 0.15) is 0 Å². The van der Waals surface area contributed by atoms with E-state index in [0.29, 0.717) is 12.3 Å². The lowest BCUT2D eigenvalue weighted by Crippen LogP contribution is -2.12. The summed E-state index contributed by atoms with van der Waals surface area (Å²) in [6, 6.07) is 1.58. The van der Waals surface area contributed by atoms with Gasteiger partial charge in [-0.2, -0.15) is 4.52 Å². The molecule has 0 amide bonds. The van der Waals surface area contributed by atoms with Crippen LogP contribution in [-0.4, -0.2) is 37.6 Å². The first kappa shape index (κ1) is 9.50. The van der Waals surface area contributed by atoms with E-state index in [1.54, 1.807) is 19.9 Å². The van der Waals surface area contributed by atoms with Crippen LogP contribution in [0.4, 0.5) is 0 Å². The van der Waals surface area contributed by atoms with Crippen LogP contribution in [0.15, 0.2) is 6.07 Å². The number of nitrogens with zero attached hydrogens (tertiary/aromatic N) is 5. The van der Waals surface area contributed by atoms with E-state index < -0.39 is 5.97 Å². The number of carbonyl (C=O) groups is 1. The average Bonchev–Trinajstić information content (AvgIpc) is 2.64. The van der Waals surface area contributed by atoms with E-state index in [1.165, 1.54) is 4.52 Å². The van der Waals surface area contributed by atoms with Crippen LogP contribution in [0, 0.1) is 6.92 Å². The zero-order valence-electron chi connectivity index (χ0n) is 8.34. The normalized spacial score (nSPS) is 10.5. The summed E-state index contributed by atoms with van der Waals surface area (Å²) < 4.78 is 6.13. The highest BCUT2D eigenvalue weighted by Gasteiger charge is 2.14. The Morgan fingerprint density at radius 2 is 2.40 bits per heavy atom. The van der Waals surface area contributed by atoms with E-state index in [0.717, 1.165) is 0 Å². The molecule has 0 radical (unpaired) electrons. The van der Waals surface area contributed by atoms with Gasteiger partial charge in [0.25, 0.3) is 5.78 Å². The molecule has 0 atom stereocenters. The van der Waals surface area contributed by atoms with Gasteiger partial charge in [-0.05, 0) is 30.3 Å². The molecule has 2 heterocycles. The van der Waals surface area contributed by atoms with Crippen LogP contribution >= 0.6 is 0 Å². The number of tetrazole rings is 1. The molecule has 2 aromatic rings. The molecule has 0 saturated heterocycles. The summed E-state index contributed by atoms with van der Waals surface area (Å²) in [5.41, 5.74) is 0.949. The van der Waals surface area contributed by atoms with Gasteiger partial charge in [-0.25, -0.2) is 9.78 Å². The molecule has 0 unspecified atom stereocenters. The van der Waals surface area contributed by atoms with Crippen LogP contribution in [0.3, 0.4) is 0 Å². The monoisotopic (exact) mass is 207 g/mol. The smallest absolute Gasteiger partial charge is 0.357 e. The SMILES string of the molecule is CCOC(=O)c1cc(C)nc2nnnn12. The summed E-state index contributed by atoms with van der Waals surface area (Å²) in [6.45, 7) is 3.81. The Labute approximate surface area is 85.1 Å². The summed E-state index contributed by atoms with van der Waals surface area (Å²) in [4.78, 5) is 15.6. The molecule has 0 spiro atoms. The number of esters is 1. The minimum atomic E-state index is -0.458. The molecule has 2 rings (SSSR count). The van der Waals surface area contributed by atoms with Gasteiger partial charge in [-0.1, -0.05) is 5.10 Å². The lowest BCUT2D eigenvalue weighted by atomic mass is 10.3. The predicted octanol–water partition coefficient (Wildman–Crippen LogP) is 0.00442. The molecule has 0 saturated carbocycles. The maximum atomic E-state index is 11.5. The minimum Gasteiger partial charge on any atom is -0.461 e.